The molecule has 2 aliphatic rings. The molecular weight excluding hydrogens is 294 g/mol. The van der Waals surface area contributed by atoms with E-state index >= 15 is 0 Å². The van der Waals surface area contributed by atoms with Gasteiger partial charge in [0.05, 0.1) is 0 Å². The standard InChI is InChI=1S/C17H21N3O3/c1-17(13-7-8-13)15(22)20(16(23)19-17)11-14(21)18-10-9-12-5-3-2-4-6-12/h2-6,13H,7-11H2,1H3,(H,18,21)(H,19,23). The van der Waals surface area contributed by atoms with E-state index in [9.17, 15) is 14.4 Å². The highest BCUT2D eigenvalue weighted by atomic mass is 16.2. The molecule has 0 aromatic heterocycles. The van der Waals surface area contributed by atoms with Crippen LogP contribution in [-0.4, -0.2) is 41.4 Å². The summed E-state index contributed by atoms with van der Waals surface area (Å²) in [5.74, 6) is -0.405. The number of amides is 4. The van der Waals surface area contributed by atoms with E-state index in [1.165, 1.54) is 0 Å². The van der Waals surface area contributed by atoms with Crippen molar-refractivity contribution >= 4 is 17.8 Å². The van der Waals surface area contributed by atoms with Gasteiger partial charge in [0.2, 0.25) is 5.91 Å². The fourth-order valence-electron chi connectivity index (χ4n) is 2.99. The average Bonchev–Trinajstić information content (AvgIpc) is 3.35. The first-order valence-corrected chi connectivity index (χ1v) is 7.95. The molecule has 1 aliphatic heterocycles. The van der Waals surface area contributed by atoms with E-state index in [-0.39, 0.29) is 24.3 Å². The maximum atomic E-state index is 12.4. The first-order chi connectivity index (χ1) is 11.0. The van der Waals surface area contributed by atoms with Gasteiger partial charge in [0.25, 0.3) is 5.91 Å². The summed E-state index contributed by atoms with van der Waals surface area (Å²) in [5, 5.41) is 5.50. The molecule has 23 heavy (non-hydrogen) atoms. The second-order valence-corrected chi connectivity index (χ2v) is 6.38. The van der Waals surface area contributed by atoms with Gasteiger partial charge in [-0.05, 0) is 37.7 Å². The molecule has 0 radical (unpaired) electrons. The SMILES string of the molecule is CC1(C2CC2)NC(=O)N(CC(=O)NCCc2ccccc2)C1=O. The van der Waals surface area contributed by atoms with Crippen molar-refractivity contribution in [1.82, 2.24) is 15.5 Å². The van der Waals surface area contributed by atoms with Crippen molar-refractivity contribution in [2.45, 2.75) is 31.7 Å². The van der Waals surface area contributed by atoms with E-state index in [0.29, 0.717) is 13.0 Å². The maximum absolute atomic E-state index is 12.4. The second-order valence-electron chi connectivity index (χ2n) is 6.38. The molecule has 1 saturated carbocycles. The highest BCUT2D eigenvalue weighted by Crippen LogP contribution is 2.42. The predicted octanol–water partition coefficient (Wildman–Crippen LogP) is 1.07. The van der Waals surface area contributed by atoms with Gasteiger partial charge in [-0.2, -0.15) is 0 Å². The molecule has 1 aromatic carbocycles. The molecule has 0 bridgehead atoms. The van der Waals surface area contributed by atoms with E-state index in [1.807, 2.05) is 30.3 Å². The molecule has 1 aromatic rings. The molecule has 122 valence electrons. The number of hydrogen-bond donors (Lipinski definition) is 2. The Labute approximate surface area is 135 Å². The molecule has 1 saturated heterocycles. The first-order valence-electron chi connectivity index (χ1n) is 7.95. The Kier molecular flexibility index (Phi) is 4.07. The van der Waals surface area contributed by atoms with Crippen molar-refractivity contribution in [3.8, 4) is 0 Å². The van der Waals surface area contributed by atoms with E-state index in [4.69, 9.17) is 0 Å². The van der Waals surface area contributed by atoms with Crippen LogP contribution < -0.4 is 10.6 Å². The van der Waals surface area contributed by atoms with Gasteiger partial charge >= 0.3 is 6.03 Å². The zero-order valence-electron chi connectivity index (χ0n) is 13.2. The van der Waals surface area contributed by atoms with Crippen LogP contribution in [0.2, 0.25) is 0 Å². The lowest BCUT2D eigenvalue weighted by Crippen LogP contribution is -2.47. The molecule has 1 atom stereocenters. The molecule has 4 amide bonds. The maximum Gasteiger partial charge on any atom is 0.325 e. The van der Waals surface area contributed by atoms with Crippen LogP contribution in [0.1, 0.15) is 25.3 Å². The Balaban J connectivity index is 1.50. The van der Waals surface area contributed by atoms with Gasteiger partial charge in [0.15, 0.2) is 0 Å². The predicted molar refractivity (Wildman–Crippen MR) is 84.5 cm³/mol. The first kappa shape index (κ1) is 15.5. The van der Waals surface area contributed by atoms with Crippen LogP contribution in [0.5, 0.6) is 0 Å². The van der Waals surface area contributed by atoms with Gasteiger partial charge in [-0.25, -0.2) is 4.79 Å². The molecule has 1 heterocycles. The molecule has 1 aliphatic carbocycles. The quantitative estimate of drug-likeness (QED) is 0.771. The molecule has 0 spiro atoms. The lowest BCUT2D eigenvalue weighted by atomic mass is 9.96. The van der Waals surface area contributed by atoms with Crippen LogP contribution in [0, 0.1) is 5.92 Å². The van der Waals surface area contributed by atoms with Crippen LogP contribution in [0.3, 0.4) is 0 Å². The van der Waals surface area contributed by atoms with Gasteiger partial charge in [0, 0.05) is 6.54 Å². The van der Waals surface area contributed by atoms with Gasteiger partial charge in [-0.3, -0.25) is 14.5 Å². The van der Waals surface area contributed by atoms with Gasteiger partial charge in [-0.15, -0.1) is 0 Å². The number of rotatable bonds is 6. The summed E-state index contributed by atoms with van der Waals surface area (Å²) < 4.78 is 0. The van der Waals surface area contributed by atoms with Crippen molar-refractivity contribution < 1.29 is 14.4 Å². The molecule has 1 unspecified atom stereocenters. The van der Waals surface area contributed by atoms with Crippen LogP contribution in [-0.2, 0) is 16.0 Å². The Hall–Kier alpha value is -2.37. The summed E-state index contributed by atoms with van der Waals surface area (Å²) in [7, 11) is 0. The molecule has 2 fully saturated rings. The normalized spacial score (nSPS) is 23.8. The zero-order valence-corrected chi connectivity index (χ0v) is 13.2. The fraction of sp³-hybridized carbons (Fsp3) is 0.471. The summed E-state index contributed by atoms with van der Waals surface area (Å²) in [5.41, 5.74) is 0.297. The number of nitrogens with one attached hydrogen (secondary N) is 2. The topological polar surface area (TPSA) is 78.5 Å². The van der Waals surface area contributed by atoms with Crippen molar-refractivity contribution in [2.24, 2.45) is 5.92 Å². The average molecular weight is 315 g/mol. The monoisotopic (exact) mass is 315 g/mol. The van der Waals surface area contributed by atoms with Crippen LogP contribution in [0.25, 0.3) is 0 Å². The lowest BCUT2D eigenvalue weighted by Gasteiger charge is -2.20. The third kappa shape index (κ3) is 3.21. The Morgan fingerprint density at radius 1 is 1.30 bits per heavy atom. The number of carbonyl (C=O) groups is 3. The molecule has 6 heteroatoms. The minimum atomic E-state index is -0.832. The third-order valence-electron chi connectivity index (χ3n) is 4.58. The Bertz CT molecular complexity index is 627. The zero-order chi connectivity index (χ0) is 16.4. The minimum Gasteiger partial charge on any atom is -0.354 e. The van der Waals surface area contributed by atoms with Crippen molar-refractivity contribution in [3.63, 3.8) is 0 Å². The summed E-state index contributed by atoms with van der Waals surface area (Å²) >= 11 is 0. The summed E-state index contributed by atoms with van der Waals surface area (Å²) in [4.78, 5) is 37.4. The number of carbonyl (C=O) groups excluding carboxylic acids is 3. The van der Waals surface area contributed by atoms with Gasteiger partial charge in [0.1, 0.15) is 12.1 Å². The van der Waals surface area contributed by atoms with Crippen LogP contribution >= 0.6 is 0 Å². The fourth-order valence-corrected chi connectivity index (χ4v) is 2.99. The van der Waals surface area contributed by atoms with Crippen LogP contribution in [0.4, 0.5) is 4.79 Å². The van der Waals surface area contributed by atoms with E-state index in [1.54, 1.807) is 6.92 Å². The molecule has 2 N–H and O–H groups in total. The van der Waals surface area contributed by atoms with Crippen molar-refractivity contribution in [1.29, 1.82) is 0 Å². The van der Waals surface area contributed by atoms with Crippen molar-refractivity contribution in [2.75, 3.05) is 13.1 Å². The number of nitrogens with zero attached hydrogens (tertiary/aromatic N) is 1. The van der Waals surface area contributed by atoms with Crippen molar-refractivity contribution in [3.05, 3.63) is 35.9 Å². The summed E-state index contributed by atoms with van der Waals surface area (Å²) in [6.45, 7) is 2.01. The molecule has 3 rings (SSSR count). The highest BCUT2D eigenvalue weighted by Gasteiger charge is 2.56. The lowest BCUT2D eigenvalue weighted by molar-refractivity contribution is -0.135. The molecular formula is C17H21N3O3. The van der Waals surface area contributed by atoms with Gasteiger partial charge < -0.3 is 10.6 Å². The molecule has 6 nitrogen and oxygen atoms in total. The van der Waals surface area contributed by atoms with Crippen LogP contribution in [0.15, 0.2) is 30.3 Å². The third-order valence-corrected chi connectivity index (χ3v) is 4.58. The number of imide groups is 1. The summed E-state index contributed by atoms with van der Waals surface area (Å²) in [6, 6.07) is 9.35. The smallest absolute Gasteiger partial charge is 0.325 e. The Morgan fingerprint density at radius 2 is 2.00 bits per heavy atom. The number of hydrogen-bond acceptors (Lipinski definition) is 3. The highest BCUT2D eigenvalue weighted by molar-refractivity contribution is 6.09. The Morgan fingerprint density at radius 3 is 2.65 bits per heavy atom. The van der Waals surface area contributed by atoms with E-state index in [2.05, 4.69) is 10.6 Å². The minimum absolute atomic E-state index is 0.199. The van der Waals surface area contributed by atoms with Gasteiger partial charge in [-0.1, -0.05) is 30.3 Å². The number of benzene rings is 1. The summed E-state index contributed by atoms with van der Waals surface area (Å²) in [6.07, 6.45) is 2.60. The number of urea groups is 1. The van der Waals surface area contributed by atoms with E-state index in [0.717, 1.165) is 23.3 Å². The second kappa shape index (κ2) is 6.02. The largest absolute Gasteiger partial charge is 0.354 e. The van der Waals surface area contributed by atoms with E-state index < -0.39 is 11.6 Å².